The Balaban J connectivity index is 1.59. The van der Waals surface area contributed by atoms with Crippen LogP contribution in [0.4, 0.5) is 17.2 Å². The molecule has 2 heterocycles. The van der Waals surface area contributed by atoms with E-state index in [9.17, 15) is 4.79 Å². The topological polar surface area (TPSA) is 60.9 Å². The van der Waals surface area contributed by atoms with Crippen LogP contribution >= 0.6 is 0 Å². The Kier molecular flexibility index (Phi) is 6.84. The van der Waals surface area contributed by atoms with Gasteiger partial charge in [0.1, 0.15) is 5.82 Å². The van der Waals surface area contributed by atoms with Crippen molar-refractivity contribution < 1.29 is 9.53 Å². The number of anilines is 3. The molecule has 1 aromatic carbocycles. The second kappa shape index (κ2) is 9.52. The monoisotopic (exact) mass is 383 g/mol. The van der Waals surface area contributed by atoms with E-state index in [1.807, 2.05) is 31.1 Å². The van der Waals surface area contributed by atoms with Gasteiger partial charge in [0.25, 0.3) is 5.91 Å². The molecule has 1 amide bonds. The van der Waals surface area contributed by atoms with E-state index in [2.05, 4.69) is 32.2 Å². The molecule has 2 aromatic rings. The minimum atomic E-state index is -0.156. The zero-order valence-corrected chi connectivity index (χ0v) is 16.9. The summed E-state index contributed by atoms with van der Waals surface area (Å²) in [6, 6.07) is 11.6. The molecule has 0 aliphatic carbocycles. The van der Waals surface area contributed by atoms with Gasteiger partial charge in [-0.15, -0.1) is 0 Å². The number of carbonyl (C=O) groups excluding carboxylic acids is 1. The molecule has 0 unspecified atom stereocenters. The lowest BCUT2D eigenvalue weighted by atomic mass is 10.2. The third-order valence-corrected chi connectivity index (χ3v) is 4.93. The first-order valence-electron chi connectivity index (χ1n) is 9.58. The highest BCUT2D eigenvalue weighted by Gasteiger charge is 2.17. The predicted octanol–water partition coefficient (Wildman–Crippen LogP) is 2.17. The molecule has 0 saturated carbocycles. The summed E-state index contributed by atoms with van der Waals surface area (Å²) in [4.78, 5) is 23.6. The highest BCUT2D eigenvalue weighted by molar-refractivity contribution is 6.07. The van der Waals surface area contributed by atoms with Gasteiger partial charge in [-0.3, -0.25) is 9.69 Å². The normalized spacial score (nSPS) is 14.8. The third-order valence-electron chi connectivity index (χ3n) is 4.93. The minimum absolute atomic E-state index is 0.156. The Bertz CT molecular complexity index is 771. The van der Waals surface area contributed by atoms with Gasteiger partial charge in [0.15, 0.2) is 0 Å². The van der Waals surface area contributed by atoms with E-state index < -0.39 is 0 Å². The molecule has 150 valence electrons. The molecular formula is C21H29N5O2. The van der Waals surface area contributed by atoms with Crippen LogP contribution in [0.2, 0.25) is 0 Å². The first-order chi connectivity index (χ1) is 13.6. The van der Waals surface area contributed by atoms with E-state index in [0.717, 1.165) is 45.0 Å². The molecule has 1 aliphatic rings. The molecule has 1 aliphatic heterocycles. The first-order valence-corrected chi connectivity index (χ1v) is 9.58. The van der Waals surface area contributed by atoms with Crippen LogP contribution in [-0.4, -0.2) is 76.3 Å². The minimum Gasteiger partial charge on any atom is -0.383 e. The lowest BCUT2D eigenvalue weighted by Crippen LogP contribution is -2.47. The largest absolute Gasteiger partial charge is 0.383 e. The summed E-state index contributed by atoms with van der Waals surface area (Å²) in [5.41, 5.74) is 2.52. The molecule has 1 aromatic heterocycles. The third kappa shape index (κ3) is 4.99. The lowest BCUT2D eigenvalue weighted by Gasteiger charge is -2.36. The van der Waals surface area contributed by atoms with Crippen LogP contribution in [0.25, 0.3) is 0 Å². The molecule has 7 heteroatoms. The van der Waals surface area contributed by atoms with Gasteiger partial charge in [-0.1, -0.05) is 0 Å². The van der Waals surface area contributed by atoms with Gasteiger partial charge in [-0.05, 0) is 36.4 Å². The van der Waals surface area contributed by atoms with E-state index in [0.29, 0.717) is 11.4 Å². The van der Waals surface area contributed by atoms with Gasteiger partial charge in [0.05, 0.1) is 12.2 Å². The Hall–Kier alpha value is -2.64. The van der Waals surface area contributed by atoms with Crippen LogP contribution in [0.5, 0.6) is 0 Å². The fraction of sp³-hybridized carbons (Fsp3) is 0.429. The lowest BCUT2D eigenvalue weighted by molar-refractivity contribution is 0.102. The van der Waals surface area contributed by atoms with E-state index in [4.69, 9.17) is 4.74 Å². The summed E-state index contributed by atoms with van der Waals surface area (Å²) in [5.74, 6) is 0.499. The molecule has 28 heavy (non-hydrogen) atoms. The van der Waals surface area contributed by atoms with Crippen LogP contribution in [0, 0.1) is 0 Å². The summed E-state index contributed by atoms with van der Waals surface area (Å²) in [6.07, 6.45) is 1.69. The average Bonchev–Trinajstić information content (AvgIpc) is 2.73. The SMILES string of the molecule is COCCN1CCN(c2ccc(NC(=O)c3cccnc3N(C)C)cc2)CC1. The van der Waals surface area contributed by atoms with E-state index >= 15 is 0 Å². The second-order valence-corrected chi connectivity index (χ2v) is 7.09. The number of amides is 1. The van der Waals surface area contributed by atoms with Crippen molar-refractivity contribution in [2.24, 2.45) is 0 Å². The van der Waals surface area contributed by atoms with Crippen molar-refractivity contribution in [1.82, 2.24) is 9.88 Å². The van der Waals surface area contributed by atoms with E-state index in [1.54, 1.807) is 25.4 Å². The molecule has 3 rings (SSSR count). The van der Waals surface area contributed by atoms with Crippen LogP contribution in [0.15, 0.2) is 42.6 Å². The average molecular weight is 383 g/mol. The smallest absolute Gasteiger partial charge is 0.259 e. The fourth-order valence-electron chi connectivity index (χ4n) is 3.33. The number of hydrogen-bond acceptors (Lipinski definition) is 6. The maximum absolute atomic E-state index is 12.6. The molecule has 0 bridgehead atoms. The number of hydrogen-bond donors (Lipinski definition) is 1. The number of nitrogens with zero attached hydrogens (tertiary/aromatic N) is 4. The maximum atomic E-state index is 12.6. The second-order valence-electron chi connectivity index (χ2n) is 7.09. The standard InChI is InChI=1S/C21H29N5O2/c1-24(2)20-19(5-4-10-22-20)21(27)23-17-6-8-18(9-7-17)26-13-11-25(12-14-26)15-16-28-3/h4-10H,11-16H2,1-3H3,(H,23,27). The number of pyridine rings is 1. The van der Waals surface area contributed by atoms with Gasteiger partial charge in [0.2, 0.25) is 0 Å². The van der Waals surface area contributed by atoms with Gasteiger partial charge in [-0.2, -0.15) is 0 Å². The first kappa shape index (κ1) is 20.1. The molecule has 1 N–H and O–H groups in total. The van der Waals surface area contributed by atoms with Crippen molar-refractivity contribution in [2.45, 2.75) is 0 Å². The zero-order valence-electron chi connectivity index (χ0n) is 16.9. The van der Waals surface area contributed by atoms with E-state index in [1.165, 1.54) is 5.69 Å². The number of aromatic nitrogens is 1. The number of carbonyl (C=O) groups is 1. The van der Waals surface area contributed by atoms with Crippen molar-refractivity contribution in [2.75, 3.05) is 75.7 Å². The Morgan fingerprint density at radius 1 is 1.14 bits per heavy atom. The summed E-state index contributed by atoms with van der Waals surface area (Å²) in [7, 11) is 5.50. The van der Waals surface area contributed by atoms with Crippen molar-refractivity contribution in [3.05, 3.63) is 48.2 Å². The summed E-state index contributed by atoms with van der Waals surface area (Å²) in [5, 5.41) is 2.97. The zero-order chi connectivity index (χ0) is 19.9. The molecule has 0 radical (unpaired) electrons. The quantitative estimate of drug-likeness (QED) is 0.791. The molecular weight excluding hydrogens is 354 g/mol. The van der Waals surface area contributed by atoms with Gasteiger partial charge in [0, 0.05) is 71.5 Å². The molecule has 0 atom stereocenters. The highest BCUT2D eigenvalue weighted by Crippen LogP contribution is 2.21. The fourth-order valence-corrected chi connectivity index (χ4v) is 3.33. The number of piperazine rings is 1. The van der Waals surface area contributed by atoms with Crippen LogP contribution in [0.1, 0.15) is 10.4 Å². The summed E-state index contributed by atoms with van der Waals surface area (Å²) < 4.78 is 5.16. The van der Waals surface area contributed by atoms with Crippen LogP contribution in [-0.2, 0) is 4.74 Å². The van der Waals surface area contributed by atoms with Gasteiger partial charge >= 0.3 is 0 Å². The molecule has 1 saturated heterocycles. The molecule has 0 spiro atoms. The van der Waals surface area contributed by atoms with Gasteiger partial charge < -0.3 is 19.9 Å². The van der Waals surface area contributed by atoms with Crippen LogP contribution in [0.3, 0.4) is 0 Å². The number of benzene rings is 1. The molecule has 1 fully saturated rings. The maximum Gasteiger partial charge on any atom is 0.259 e. The Morgan fingerprint density at radius 3 is 2.50 bits per heavy atom. The van der Waals surface area contributed by atoms with Crippen molar-refractivity contribution in [1.29, 1.82) is 0 Å². The highest BCUT2D eigenvalue weighted by atomic mass is 16.5. The number of nitrogens with one attached hydrogen (secondary N) is 1. The van der Waals surface area contributed by atoms with Gasteiger partial charge in [-0.25, -0.2) is 4.98 Å². The Morgan fingerprint density at radius 2 is 1.86 bits per heavy atom. The van der Waals surface area contributed by atoms with E-state index in [-0.39, 0.29) is 5.91 Å². The Labute approximate surface area is 166 Å². The predicted molar refractivity (Wildman–Crippen MR) is 113 cm³/mol. The van der Waals surface area contributed by atoms with Crippen molar-refractivity contribution in [3.8, 4) is 0 Å². The number of ether oxygens (including phenoxy) is 1. The molecule has 7 nitrogen and oxygen atoms in total. The summed E-state index contributed by atoms with van der Waals surface area (Å²) >= 11 is 0. The van der Waals surface area contributed by atoms with Crippen molar-refractivity contribution in [3.63, 3.8) is 0 Å². The van der Waals surface area contributed by atoms with Crippen molar-refractivity contribution >= 4 is 23.1 Å². The number of methoxy groups -OCH3 is 1. The summed E-state index contributed by atoms with van der Waals surface area (Å²) in [6.45, 7) is 5.83. The number of rotatable bonds is 7. The van der Waals surface area contributed by atoms with Crippen LogP contribution < -0.4 is 15.1 Å².